The molecule has 6 nitrogen and oxygen atoms in total. The summed E-state index contributed by atoms with van der Waals surface area (Å²) in [4.78, 5) is 12.8. The molecule has 1 N–H and O–H groups in total. The van der Waals surface area contributed by atoms with E-state index >= 15 is 0 Å². The first kappa shape index (κ1) is 14.3. The first-order valence-electron chi connectivity index (χ1n) is 5.32. The van der Waals surface area contributed by atoms with E-state index in [1.807, 2.05) is 0 Å². The molecule has 18 heavy (non-hydrogen) atoms. The lowest BCUT2D eigenvalue weighted by Gasteiger charge is -2.16. The highest BCUT2D eigenvalue weighted by Crippen LogP contribution is 2.18. The van der Waals surface area contributed by atoms with Crippen molar-refractivity contribution in [1.82, 2.24) is 0 Å². The topological polar surface area (TPSA) is 75.7 Å². The van der Waals surface area contributed by atoms with Gasteiger partial charge in [0.05, 0.1) is 12.9 Å². The second-order valence-corrected chi connectivity index (χ2v) is 5.43. The predicted octanol–water partition coefficient (Wildman–Crippen LogP) is 1.65. The van der Waals surface area contributed by atoms with Crippen molar-refractivity contribution in [2.24, 2.45) is 0 Å². The minimum absolute atomic E-state index is 0.302. The number of rotatable bonds is 4. The van der Waals surface area contributed by atoms with Crippen LogP contribution in [-0.2, 0) is 14.8 Å². The lowest BCUT2D eigenvalue weighted by molar-refractivity contribution is 0.161. The predicted molar refractivity (Wildman–Crippen MR) is 70.3 cm³/mol. The molecule has 1 aromatic rings. The fraction of sp³-hybridized carbons (Fsp3) is 0.364. The Morgan fingerprint density at radius 2 is 1.89 bits per heavy atom. The molecule has 0 unspecified atom stereocenters. The van der Waals surface area contributed by atoms with E-state index in [0.717, 1.165) is 6.26 Å². The van der Waals surface area contributed by atoms with Gasteiger partial charge in [0.2, 0.25) is 10.0 Å². The van der Waals surface area contributed by atoms with Crippen molar-refractivity contribution in [3.05, 3.63) is 24.3 Å². The quantitative estimate of drug-likeness (QED) is 0.904. The van der Waals surface area contributed by atoms with E-state index in [1.54, 1.807) is 38.2 Å². The summed E-state index contributed by atoms with van der Waals surface area (Å²) >= 11 is 0. The zero-order chi connectivity index (χ0) is 13.8. The molecule has 0 fully saturated rings. The summed E-state index contributed by atoms with van der Waals surface area (Å²) in [6.45, 7) is 2.03. The molecule has 0 aliphatic carbocycles. The summed E-state index contributed by atoms with van der Waals surface area (Å²) in [6, 6.07) is 6.41. The fourth-order valence-corrected chi connectivity index (χ4v) is 1.86. The van der Waals surface area contributed by atoms with E-state index < -0.39 is 16.1 Å². The van der Waals surface area contributed by atoms with Gasteiger partial charge in [0.1, 0.15) is 0 Å². The molecule has 0 aromatic heterocycles. The minimum Gasteiger partial charge on any atom is -0.449 e. The molecule has 0 saturated heterocycles. The maximum absolute atomic E-state index is 11.4. The van der Waals surface area contributed by atoms with Crippen LogP contribution in [0.4, 0.5) is 16.2 Å². The largest absolute Gasteiger partial charge is 0.449 e. The van der Waals surface area contributed by atoms with Crippen LogP contribution < -0.4 is 9.62 Å². The van der Waals surface area contributed by atoms with Crippen LogP contribution in [0.5, 0.6) is 0 Å². The van der Waals surface area contributed by atoms with Crippen molar-refractivity contribution < 1.29 is 17.9 Å². The number of nitrogens with one attached hydrogen (secondary N) is 1. The van der Waals surface area contributed by atoms with Gasteiger partial charge in [-0.05, 0) is 31.2 Å². The number of carbonyl (C=O) groups excluding carboxylic acids is 1. The van der Waals surface area contributed by atoms with Crippen LogP contribution >= 0.6 is 0 Å². The van der Waals surface area contributed by atoms with Gasteiger partial charge in [-0.15, -0.1) is 0 Å². The standard InChI is InChI=1S/C11H16N2O4S/c1-4-17-11(14)13(2)10-7-5-9(6-8-10)12-18(3,15)16/h5-8,12H,4H2,1-3H3. The number of nitrogens with zero attached hydrogens (tertiary/aromatic N) is 1. The third-order valence-corrected chi connectivity index (χ3v) is 2.71. The molecule has 0 heterocycles. The number of ether oxygens (including phenoxy) is 1. The molecule has 0 spiro atoms. The maximum atomic E-state index is 11.4. The molecule has 0 radical (unpaired) electrons. The Morgan fingerprint density at radius 3 is 2.33 bits per heavy atom. The normalized spacial score (nSPS) is 10.8. The van der Waals surface area contributed by atoms with Crippen molar-refractivity contribution in [3.63, 3.8) is 0 Å². The molecule has 0 aliphatic heterocycles. The molecule has 0 atom stereocenters. The van der Waals surface area contributed by atoms with Gasteiger partial charge in [-0.1, -0.05) is 0 Å². The Morgan fingerprint density at radius 1 is 1.33 bits per heavy atom. The first-order valence-corrected chi connectivity index (χ1v) is 7.21. The summed E-state index contributed by atoms with van der Waals surface area (Å²) in [5, 5.41) is 0. The fourth-order valence-electron chi connectivity index (χ4n) is 1.29. The van der Waals surface area contributed by atoms with Crippen LogP contribution in [0.3, 0.4) is 0 Å². The first-order chi connectivity index (χ1) is 8.33. The molecule has 0 aliphatic rings. The number of benzene rings is 1. The summed E-state index contributed by atoms with van der Waals surface area (Å²) in [5.74, 6) is 0. The molecular weight excluding hydrogens is 256 g/mol. The molecule has 0 saturated carbocycles. The molecule has 0 bridgehead atoms. The Balaban J connectivity index is 2.79. The number of amides is 1. The third kappa shape index (κ3) is 4.25. The summed E-state index contributed by atoms with van der Waals surface area (Å²) in [6.07, 6.45) is 0.618. The van der Waals surface area contributed by atoms with E-state index in [1.165, 1.54) is 4.90 Å². The van der Waals surface area contributed by atoms with Crippen molar-refractivity contribution >= 4 is 27.5 Å². The average Bonchev–Trinajstić information content (AvgIpc) is 2.27. The van der Waals surface area contributed by atoms with E-state index in [4.69, 9.17) is 4.74 Å². The van der Waals surface area contributed by atoms with Crippen LogP contribution in [0.2, 0.25) is 0 Å². The van der Waals surface area contributed by atoms with Crippen LogP contribution in [0.1, 0.15) is 6.92 Å². The smallest absolute Gasteiger partial charge is 0.413 e. The monoisotopic (exact) mass is 272 g/mol. The summed E-state index contributed by atoms with van der Waals surface area (Å²) < 4.78 is 29.2. The molecule has 100 valence electrons. The zero-order valence-electron chi connectivity index (χ0n) is 10.5. The van der Waals surface area contributed by atoms with Gasteiger partial charge in [0.25, 0.3) is 0 Å². The Bertz CT molecular complexity index is 510. The van der Waals surface area contributed by atoms with Crippen LogP contribution in [-0.4, -0.2) is 34.4 Å². The number of hydrogen-bond acceptors (Lipinski definition) is 4. The maximum Gasteiger partial charge on any atom is 0.413 e. The highest BCUT2D eigenvalue weighted by atomic mass is 32.2. The number of hydrogen-bond donors (Lipinski definition) is 1. The highest BCUT2D eigenvalue weighted by molar-refractivity contribution is 7.92. The average molecular weight is 272 g/mol. The van der Waals surface area contributed by atoms with Gasteiger partial charge in [-0.2, -0.15) is 0 Å². The van der Waals surface area contributed by atoms with E-state index in [0.29, 0.717) is 18.0 Å². The number of sulfonamides is 1. The van der Waals surface area contributed by atoms with Crippen LogP contribution in [0.25, 0.3) is 0 Å². The van der Waals surface area contributed by atoms with Gasteiger partial charge >= 0.3 is 6.09 Å². The third-order valence-electron chi connectivity index (χ3n) is 2.10. The minimum atomic E-state index is -3.29. The lowest BCUT2D eigenvalue weighted by atomic mass is 10.3. The van der Waals surface area contributed by atoms with Crippen LogP contribution in [0.15, 0.2) is 24.3 Å². The van der Waals surface area contributed by atoms with Crippen molar-refractivity contribution in [2.45, 2.75) is 6.92 Å². The lowest BCUT2D eigenvalue weighted by Crippen LogP contribution is -2.26. The van der Waals surface area contributed by atoms with Crippen molar-refractivity contribution in [2.75, 3.05) is 29.5 Å². The highest BCUT2D eigenvalue weighted by Gasteiger charge is 2.11. The molecule has 1 amide bonds. The molecular formula is C11H16N2O4S. The van der Waals surface area contributed by atoms with Gasteiger partial charge < -0.3 is 4.74 Å². The second-order valence-electron chi connectivity index (χ2n) is 3.68. The van der Waals surface area contributed by atoms with E-state index in [-0.39, 0.29) is 0 Å². The van der Waals surface area contributed by atoms with E-state index in [9.17, 15) is 13.2 Å². The van der Waals surface area contributed by atoms with Gasteiger partial charge in [-0.25, -0.2) is 13.2 Å². The Kier molecular flexibility index (Phi) is 4.55. The second kappa shape index (κ2) is 5.72. The summed E-state index contributed by atoms with van der Waals surface area (Å²) in [7, 11) is -1.71. The summed E-state index contributed by atoms with van der Waals surface area (Å²) in [5.41, 5.74) is 1.06. The van der Waals surface area contributed by atoms with Crippen molar-refractivity contribution in [1.29, 1.82) is 0 Å². The Hall–Kier alpha value is -1.76. The van der Waals surface area contributed by atoms with Crippen molar-refractivity contribution in [3.8, 4) is 0 Å². The van der Waals surface area contributed by atoms with Gasteiger partial charge in [0.15, 0.2) is 0 Å². The molecule has 7 heteroatoms. The van der Waals surface area contributed by atoms with Gasteiger partial charge in [0, 0.05) is 18.4 Å². The molecule has 1 rings (SSSR count). The molecule has 1 aromatic carbocycles. The van der Waals surface area contributed by atoms with Crippen LogP contribution in [0, 0.1) is 0 Å². The number of carbonyl (C=O) groups is 1. The Labute approximate surface area is 107 Å². The SMILES string of the molecule is CCOC(=O)N(C)c1ccc(NS(C)(=O)=O)cc1. The number of anilines is 2. The zero-order valence-corrected chi connectivity index (χ0v) is 11.3. The van der Waals surface area contributed by atoms with Gasteiger partial charge in [-0.3, -0.25) is 9.62 Å². The van der Waals surface area contributed by atoms with E-state index in [2.05, 4.69) is 4.72 Å².